The summed E-state index contributed by atoms with van der Waals surface area (Å²) in [6.45, 7) is 3.47. The molecule has 118 valence electrons. The van der Waals surface area contributed by atoms with Gasteiger partial charge in [0.25, 0.3) is 12.3 Å². The Balaban J connectivity index is 2.05. The second-order valence-electron chi connectivity index (χ2n) is 5.32. The number of nitrogens with zero attached hydrogens (tertiary/aromatic N) is 3. The smallest absolute Gasteiger partial charge is 0.274 e. The van der Waals surface area contributed by atoms with Gasteiger partial charge < -0.3 is 10.2 Å². The van der Waals surface area contributed by atoms with Crippen LogP contribution in [0.1, 0.15) is 42.7 Å². The van der Waals surface area contributed by atoms with Gasteiger partial charge in [-0.1, -0.05) is 6.92 Å². The number of rotatable bonds is 6. The van der Waals surface area contributed by atoms with Crippen LogP contribution in [0.4, 0.5) is 8.78 Å². The highest BCUT2D eigenvalue weighted by molar-refractivity contribution is 5.92. The van der Waals surface area contributed by atoms with Crippen molar-refractivity contribution in [1.82, 2.24) is 20.0 Å². The fraction of sp³-hybridized carbons (Fsp3) is 0.714. The highest BCUT2D eigenvalue weighted by Crippen LogP contribution is 2.16. The van der Waals surface area contributed by atoms with E-state index in [2.05, 4.69) is 10.4 Å². The summed E-state index contributed by atoms with van der Waals surface area (Å²) in [7, 11) is 0. The van der Waals surface area contributed by atoms with E-state index in [0.29, 0.717) is 13.0 Å². The first-order chi connectivity index (χ1) is 10.1. The van der Waals surface area contributed by atoms with Crippen molar-refractivity contribution < 1.29 is 13.6 Å². The molecule has 2 heterocycles. The van der Waals surface area contributed by atoms with Gasteiger partial charge in [-0.15, -0.1) is 0 Å². The number of halogens is 2. The number of hydrogen-bond donors (Lipinski definition) is 1. The Kier molecular flexibility index (Phi) is 5.67. The van der Waals surface area contributed by atoms with E-state index in [1.54, 1.807) is 16.9 Å². The topological polar surface area (TPSA) is 50.2 Å². The molecule has 1 aliphatic heterocycles. The zero-order valence-electron chi connectivity index (χ0n) is 12.3. The molecule has 0 bridgehead atoms. The molecule has 7 heteroatoms. The fourth-order valence-corrected chi connectivity index (χ4v) is 2.59. The minimum Gasteiger partial charge on any atom is -0.332 e. The number of hydrogen-bond acceptors (Lipinski definition) is 3. The number of carbonyl (C=O) groups is 1. The van der Waals surface area contributed by atoms with Crippen LogP contribution in [0.5, 0.6) is 0 Å². The molecule has 5 nitrogen and oxygen atoms in total. The Labute approximate surface area is 123 Å². The van der Waals surface area contributed by atoms with Gasteiger partial charge >= 0.3 is 0 Å². The van der Waals surface area contributed by atoms with Gasteiger partial charge in [0.05, 0.1) is 12.6 Å². The maximum atomic E-state index is 12.6. The van der Waals surface area contributed by atoms with Crippen molar-refractivity contribution in [1.29, 1.82) is 0 Å². The maximum Gasteiger partial charge on any atom is 0.274 e. The molecule has 2 rings (SSSR count). The molecule has 0 aromatic carbocycles. The van der Waals surface area contributed by atoms with E-state index >= 15 is 0 Å². The summed E-state index contributed by atoms with van der Waals surface area (Å²) in [6, 6.07) is 1.85. The van der Waals surface area contributed by atoms with Gasteiger partial charge in [0.2, 0.25) is 0 Å². The van der Waals surface area contributed by atoms with Crippen LogP contribution in [0.2, 0.25) is 0 Å². The second-order valence-corrected chi connectivity index (χ2v) is 5.32. The number of piperidine rings is 1. The second kappa shape index (κ2) is 7.49. The van der Waals surface area contributed by atoms with Crippen molar-refractivity contribution in [2.45, 2.75) is 38.7 Å². The lowest BCUT2D eigenvalue weighted by Crippen LogP contribution is -2.36. The molecule has 1 aromatic rings. The van der Waals surface area contributed by atoms with Crippen molar-refractivity contribution in [2.24, 2.45) is 0 Å². The Hall–Kier alpha value is -1.50. The highest BCUT2D eigenvalue weighted by atomic mass is 19.3. The van der Waals surface area contributed by atoms with Crippen molar-refractivity contribution in [3.8, 4) is 0 Å². The van der Waals surface area contributed by atoms with Gasteiger partial charge in [-0.2, -0.15) is 5.10 Å². The molecule has 1 aromatic heterocycles. The van der Waals surface area contributed by atoms with Crippen LogP contribution < -0.4 is 5.32 Å². The Morgan fingerprint density at radius 1 is 1.62 bits per heavy atom. The molecular formula is C14H22F2N4O. The number of carbonyl (C=O) groups excluding carboxylic acids is 1. The molecule has 0 saturated carbocycles. The quantitative estimate of drug-likeness (QED) is 0.873. The summed E-state index contributed by atoms with van der Waals surface area (Å²) in [5.41, 5.74) is 0.245. The van der Waals surface area contributed by atoms with Gasteiger partial charge in [-0.3, -0.25) is 9.48 Å². The maximum absolute atomic E-state index is 12.6. The summed E-state index contributed by atoms with van der Waals surface area (Å²) in [6.07, 6.45) is 1.97. The van der Waals surface area contributed by atoms with Gasteiger partial charge in [0.15, 0.2) is 0 Å². The molecule has 1 fully saturated rings. The highest BCUT2D eigenvalue weighted by Gasteiger charge is 2.22. The lowest BCUT2D eigenvalue weighted by molar-refractivity contribution is 0.0549. The number of aromatic nitrogens is 2. The van der Waals surface area contributed by atoms with E-state index in [1.807, 2.05) is 6.92 Å². The van der Waals surface area contributed by atoms with E-state index in [1.165, 1.54) is 4.90 Å². The molecule has 1 unspecified atom stereocenters. The lowest BCUT2D eigenvalue weighted by Gasteiger charge is -2.23. The van der Waals surface area contributed by atoms with Crippen LogP contribution in [-0.2, 0) is 0 Å². The minimum absolute atomic E-state index is 0.232. The standard InChI is InChI=1S/C14H22F2N4O/c1-2-7-19(10-13(15)16)14(21)12-5-8-20(18-12)11-4-3-6-17-9-11/h5,8,11,13,17H,2-4,6-7,9-10H2,1H3. The molecule has 21 heavy (non-hydrogen) atoms. The van der Waals surface area contributed by atoms with E-state index in [0.717, 1.165) is 25.9 Å². The van der Waals surface area contributed by atoms with Crippen molar-refractivity contribution >= 4 is 5.91 Å². The molecule has 1 N–H and O–H groups in total. The summed E-state index contributed by atoms with van der Waals surface area (Å²) in [5.74, 6) is -0.417. The largest absolute Gasteiger partial charge is 0.332 e. The monoisotopic (exact) mass is 300 g/mol. The number of nitrogens with one attached hydrogen (secondary N) is 1. The van der Waals surface area contributed by atoms with E-state index < -0.39 is 18.9 Å². The Morgan fingerprint density at radius 2 is 2.43 bits per heavy atom. The lowest BCUT2D eigenvalue weighted by atomic mass is 10.1. The van der Waals surface area contributed by atoms with Gasteiger partial charge in [-0.25, -0.2) is 8.78 Å². The summed E-state index contributed by atoms with van der Waals surface area (Å²) >= 11 is 0. The van der Waals surface area contributed by atoms with Crippen LogP contribution in [-0.4, -0.2) is 53.2 Å². The molecule has 1 aliphatic rings. The predicted molar refractivity (Wildman–Crippen MR) is 75.6 cm³/mol. The molecule has 0 aliphatic carbocycles. The van der Waals surface area contributed by atoms with Crippen LogP contribution in [0, 0.1) is 0 Å². The zero-order chi connectivity index (χ0) is 15.2. The first-order valence-electron chi connectivity index (χ1n) is 7.45. The van der Waals surface area contributed by atoms with Crippen molar-refractivity contribution in [3.05, 3.63) is 18.0 Å². The van der Waals surface area contributed by atoms with Crippen LogP contribution in [0.15, 0.2) is 12.3 Å². The zero-order valence-corrected chi connectivity index (χ0v) is 12.3. The van der Waals surface area contributed by atoms with Gasteiger partial charge in [0.1, 0.15) is 5.69 Å². The van der Waals surface area contributed by atoms with E-state index in [9.17, 15) is 13.6 Å². The minimum atomic E-state index is -2.52. The molecule has 0 spiro atoms. The summed E-state index contributed by atoms with van der Waals surface area (Å²) in [4.78, 5) is 13.4. The van der Waals surface area contributed by atoms with Crippen LogP contribution in [0.25, 0.3) is 0 Å². The van der Waals surface area contributed by atoms with Gasteiger partial charge in [0, 0.05) is 19.3 Å². The number of amides is 1. The Morgan fingerprint density at radius 3 is 3.05 bits per heavy atom. The number of alkyl halides is 2. The SMILES string of the molecule is CCCN(CC(F)F)C(=O)c1ccn(C2CCCNC2)n1. The Bertz CT molecular complexity index is 458. The molecular weight excluding hydrogens is 278 g/mol. The average molecular weight is 300 g/mol. The predicted octanol–water partition coefficient (Wildman–Crippen LogP) is 1.92. The average Bonchev–Trinajstić information content (AvgIpc) is 2.96. The summed E-state index contributed by atoms with van der Waals surface area (Å²) in [5, 5.41) is 7.57. The van der Waals surface area contributed by atoms with Crippen LogP contribution in [0.3, 0.4) is 0 Å². The first kappa shape index (κ1) is 15.9. The third kappa shape index (κ3) is 4.23. The van der Waals surface area contributed by atoms with Crippen molar-refractivity contribution in [2.75, 3.05) is 26.2 Å². The molecule has 1 amide bonds. The van der Waals surface area contributed by atoms with Crippen molar-refractivity contribution in [3.63, 3.8) is 0 Å². The fourth-order valence-electron chi connectivity index (χ4n) is 2.59. The normalized spacial score (nSPS) is 19.0. The van der Waals surface area contributed by atoms with E-state index in [4.69, 9.17) is 0 Å². The molecule has 1 atom stereocenters. The molecule has 1 saturated heterocycles. The first-order valence-corrected chi connectivity index (χ1v) is 7.45. The third-order valence-electron chi connectivity index (χ3n) is 3.61. The van der Waals surface area contributed by atoms with Gasteiger partial charge in [-0.05, 0) is 31.9 Å². The third-order valence-corrected chi connectivity index (χ3v) is 3.61. The summed E-state index contributed by atoms with van der Waals surface area (Å²) < 4.78 is 26.9. The van der Waals surface area contributed by atoms with E-state index in [-0.39, 0.29) is 11.7 Å². The van der Waals surface area contributed by atoms with Crippen LogP contribution >= 0.6 is 0 Å². The molecule has 0 radical (unpaired) electrons.